The third kappa shape index (κ3) is 2.93. The quantitative estimate of drug-likeness (QED) is 0.634. The number of amides is 1. The number of hydrogen-bond acceptors (Lipinski definition) is 5. The Kier molecular flexibility index (Phi) is 4.70. The van der Waals surface area contributed by atoms with Crippen molar-refractivity contribution in [1.82, 2.24) is 4.90 Å². The summed E-state index contributed by atoms with van der Waals surface area (Å²) in [6.45, 7) is 5.02. The molecule has 6 nitrogen and oxygen atoms in total. The van der Waals surface area contributed by atoms with E-state index in [4.69, 9.17) is 15.2 Å². The van der Waals surface area contributed by atoms with Gasteiger partial charge in [0.15, 0.2) is 0 Å². The molecule has 1 rings (SSSR count). The third-order valence-corrected chi connectivity index (χ3v) is 2.62. The summed E-state index contributed by atoms with van der Waals surface area (Å²) < 4.78 is 10.1. The van der Waals surface area contributed by atoms with Crippen LogP contribution in [0.25, 0.3) is 0 Å². The van der Waals surface area contributed by atoms with E-state index in [2.05, 4.69) is 0 Å². The average molecular weight is 230 g/mol. The summed E-state index contributed by atoms with van der Waals surface area (Å²) in [6, 6.07) is -1.02. The lowest BCUT2D eigenvalue weighted by Crippen LogP contribution is -2.57. The fourth-order valence-electron chi connectivity index (χ4n) is 1.72. The summed E-state index contributed by atoms with van der Waals surface area (Å²) in [5, 5.41) is 0. The first-order valence-electron chi connectivity index (χ1n) is 5.37. The molecular weight excluding hydrogens is 212 g/mol. The highest BCUT2D eigenvalue weighted by Crippen LogP contribution is 2.12. The number of ether oxygens (including phenoxy) is 2. The van der Waals surface area contributed by atoms with Crippen LogP contribution in [-0.4, -0.2) is 55.2 Å². The van der Waals surface area contributed by atoms with Crippen LogP contribution in [0.2, 0.25) is 0 Å². The van der Waals surface area contributed by atoms with E-state index >= 15 is 0 Å². The zero-order valence-corrected chi connectivity index (χ0v) is 9.64. The third-order valence-electron chi connectivity index (χ3n) is 2.62. The first-order chi connectivity index (χ1) is 7.57. The van der Waals surface area contributed by atoms with Crippen molar-refractivity contribution in [2.45, 2.75) is 25.9 Å². The molecule has 1 heterocycles. The SMILES string of the molecule is CCOC(=O)C(C)N1CCOCC1C(N)=O. The van der Waals surface area contributed by atoms with E-state index < -0.39 is 18.0 Å². The van der Waals surface area contributed by atoms with E-state index in [1.54, 1.807) is 18.7 Å². The van der Waals surface area contributed by atoms with Gasteiger partial charge in [-0.2, -0.15) is 0 Å². The standard InChI is InChI=1S/C10H18N2O4/c1-3-16-10(14)7(2)12-4-5-15-6-8(12)9(11)13/h7-8H,3-6H2,1-2H3,(H2,11,13). The van der Waals surface area contributed by atoms with E-state index in [0.29, 0.717) is 19.8 Å². The molecule has 2 unspecified atom stereocenters. The summed E-state index contributed by atoms with van der Waals surface area (Å²) in [5.41, 5.74) is 5.26. The first-order valence-corrected chi connectivity index (χ1v) is 5.37. The van der Waals surface area contributed by atoms with E-state index in [0.717, 1.165) is 0 Å². The van der Waals surface area contributed by atoms with Gasteiger partial charge in [-0.25, -0.2) is 0 Å². The van der Waals surface area contributed by atoms with Gasteiger partial charge in [0.1, 0.15) is 12.1 Å². The van der Waals surface area contributed by atoms with Crippen LogP contribution in [0, 0.1) is 0 Å². The minimum absolute atomic E-state index is 0.235. The van der Waals surface area contributed by atoms with Crippen LogP contribution in [0.4, 0.5) is 0 Å². The molecule has 1 aliphatic rings. The molecule has 1 saturated heterocycles. The second-order valence-electron chi connectivity index (χ2n) is 3.66. The Bertz CT molecular complexity index is 270. The molecule has 92 valence electrons. The molecule has 0 radical (unpaired) electrons. The zero-order valence-electron chi connectivity index (χ0n) is 9.64. The van der Waals surface area contributed by atoms with Gasteiger partial charge in [-0.3, -0.25) is 14.5 Å². The number of nitrogens with two attached hydrogens (primary N) is 1. The number of esters is 1. The van der Waals surface area contributed by atoms with E-state index in [1.807, 2.05) is 0 Å². The molecule has 0 spiro atoms. The highest BCUT2D eigenvalue weighted by atomic mass is 16.5. The van der Waals surface area contributed by atoms with Crippen LogP contribution in [0.15, 0.2) is 0 Å². The lowest BCUT2D eigenvalue weighted by molar-refractivity contribution is -0.154. The second kappa shape index (κ2) is 5.81. The molecule has 6 heteroatoms. The summed E-state index contributed by atoms with van der Waals surface area (Å²) >= 11 is 0. The Morgan fingerprint density at radius 2 is 2.31 bits per heavy atom. The van der Waals surface area contributed by atoms with Gasteiger partial charge in [0.05, 0.1) is 19.8 Å². The van der Waals surface area contributed by atoms with Crippen LogP contribution < -0.4 is 5.73 Å². The molecule has 0 saturated carbocycles. The number of carbonyl (C=O) groups excluding carboxylic acids is 2. The molecule has 0 bridgehead atoms. The molecular formula is C10H18N2O4. The van der Waals surface area contributed by atoms with Gasteiger partial charge in [0, 0.05) is 6.54 Å². The van der Waals surface area contributed by atoms with E-state index in [1.165, 1.54) is 0 Å². The summed E-state index contributed by atoms with van der Waals surface area (Å²) in [4.78, 5) is 24.5. The van der Waals surface area contributed by atoms with E-state index in [9.17, 15) is 9.59 Å². The Morgan fingerprint density at radius 3 is 2.88 bits per heavy atom. The molecule has 16 heavy (non-hydrogen) atoms. The minimum Gasteiger partial charge on any atom is -0.465 e. The van der Waals surface area contributed by atoms with Gasteiger partial charge < -0.3 is 15.2 Å². The Balaban J connectivity index is 2.67. The Morgan fingerprint density at radius 1 is 1.62 bits per heavy atom. The highest BCUT2D eigenvalue weighted by Gasteiger charge is 2.34. The van der Waals surface area contributed by atoms with Crippen molar-refractivity contribution in [2.24, 2.45) is 5.73 Å². The molecule has 1 amide bonds. The smallest absolute Gasteiger partial charge is 0.323 e. The van der Waals surface area contributed by atoms with Crippen LogP contribution >= 0.6 is 0 Å². The summed E-state index contributed by atoms with van der Waals surface area (Å²) in [7, 11) is 0. The molecule has 0 aromatic heterocycles. The van der Waals surface area contributed by atoms with Gasteiger partial charge in [-0.1, -0.05) is 0 Å². The normalized spacial score (nSPS) is 23.8. The Labute approximate surface area is 94.7 Å². The van der Waals surface area contributed by atoms with Crippen LogP contribution in [-0.2, 0) is 19.1 Å². The van der Waals surface area contributed by atoms with Crippen molar-refractivity contribution >= 4 is 11.9 Å². The summed E-state index contributed by atoms with van der Waals surface area (Å²) in [5.74, 6) is -0.813. The average Bonchev–Trinajstić information content (AvgIpc) is 2.28. The maximum atomic E-state index is 11.6. The van der Waals surface area contributed by atoms with Crippen molar-refractivity contribution in [3.63, 3.8) is 0 Å². The number of rotatable bonds is 4. The van der Waals surface area contributed by atoms with Crippen molar-refractivity contribution in [3.05, 3.63) is 0 Å². The van der Waals surface area contributed by atoms with Crippen molar-refractivity contribution in [1.29, 1.82) is 0 Å². The fourth-order valence-corrected chi connectivity index (χ4v) is 1.72. The van der Waals surface area contributed by atoms with Crippen LogP contribution in [0.3, 0.4) is 0 Å². The topological polar surface area (TPSA) is 81.9 Å². The maximum absolute atomic E-state index is 11.6. The minimum atomic E-state index is -0.548. The predicted molar refractivity (Wildman–Crippen MR) is 56.6 cm³/mol. The highest BCUT2D eigenvalue weighted by molar-refractivity contribution is 5.82. The fraction of sp³-hybridized carbons (Fsp3) is 0.800. The zero-order chi connectivity index (χ0) is 12.1. The van der Waals surface area contributed by atoms with Crippen LogP contribution in [0.5, 0.6) is 0 Å². The van der Waals surface area contributed by atoms with Gasteiger partial charge in [-0.15, -0.1) is 0 Å². The van der Waals surface area contributed by atoms with Crippen molar-refractivity contribution < 1.29 is 19.1 Å². The molecule has 2 N–H and O–H groups in total. The largest absolute Gasteiger partial charge is 0.465 e. The van der Waals surface area contributed by atoms with Crippen molar-refractivity contribution in [3.8, 4) is 0 Å². The maximum Gasteiger partial charge on any atom is 0.323 e. The number of primary amides is 1. The molecule has 0 aromatic carbocycles. The van der Waals surface area contributed by atoms with E-state index in [-0.39, 0.29) is 12.6 Å². The van der Waals surface area contributed by atoms with Gasteiger partial charge in [0.25, 0.3) is 0 Å². The molecule has 1 fully saturated rings. The predicted octanol–water partition coefficient (Wildman–Crippen LogP) is -0.876. The number of carbonyl (C=O) groups is 2. The summed E-state index contributed by atoms with van der Waals surface area (Å²) in [6.07, 6.45) is 0. The van der Waals surface area contributed by atoms with Crippen molar-refractivity contribution in [2.75, 3.05) is 26.4 Å². The second-order valence-corrected chi connectivity index (χ2v) is 3.66. The molecule has 0 aliphatic carbocycles. The molecule has 1 aliphatic heterocycles. The monoisotopic (exact) mass is 230 g/mol. The molecule has 0 aromatic rings. The number of nitrogens with zero attached hydrogens (tertiary/aromatic N) is 1. The van der Waals surface area contributed by atoms with Gasteiger partial charge in [0.2, 0.25) is 5.91 Å². The molecule has 2 atom stereocenters. The number of morpholine rings is 1. The Hall–Kier alpha value is -1.14. The van der Waals surface area contributed by atoms with Crippen LogP contribution in [0.1, 0.15) is 13.8 Å². The number of hydrogen-bond donors (Lipinski definition) is 1. The lowest BCUT2D eigenvalue weighted by Gasteiger charge is -2.36. The first kappa shape index (κ1) is 12.9. The van der Waals surface area contributed by atoms with Gasteiger partial charge >= 0.3 is 5.97 Å². The lowest BCUT2D eigenvalue weighted by atomic mass is 10.1. The van der Waals surface area contributed by atoms with Gasteiger partial charge in [-0.05, 0) is 13.8 Å².